The molecule has 1 heterocycles. The molecule has 1 N–H and O–H groups in total. The number of halogens is 2. The fourth-order valence-electron chi connectivity index (χ4n) is 2.66. The minimum atomic E-state index is -0.194. The lowest BCUT2D eigenvalue weighted by Gasteiger charge is -2.37. The second kappa shape index (κ2) is 6.13. The number of nitrogens with one attached hydrogen (secondary N) is 1. The molecule has 0 aromatic heterocycles. The lowest BCUT2D eigenvalue weighted by atomic mass is 9.75. The van der Waals surface area contributed by atoms with E-state index in [-0.39, 0.29) is 11.2 Å². The molecule has 0 amide bonds. The minimum Gasteiger partial charge on any atom is -0.381 e. The molecule has 1 aliphatic heterocycles. The maximum absolute atomic E-state index is 13.1. The van der Waals surface area contributed by atoms with Crippen molar-refractivity contribution in [3.05, 3.63) is 34.1 Å². The quantitative estimate of drug-likeness (QED) is 0.921. The second-order valence-corrected chi connectivity index (χ2v) is 5.91. The van der Waals surface area contributed by atoms with Crippen LogP contribution in [0.3, 0.4) is 0 Å². The van der Waals surface area contributed by atoms with Crippen molar-refractivity contribution in [1.29, 1.82) is 0 Å². The van der Waals surface area contributed by atoms with E-state index in [0.717, 1.165) is 43.5 Å². The lowest BCUT2D eigenvalue weighted by molar-refractivity contribution is 0.0157. The summed E-state index contributed by atoms with van der Waals surface area (Å²) in [6.45, 7) is 2.61. The Kier molecular flexibility index (Phi) is 4.76. The van der Waals surface area contributed by atoms with Gasteiger partial charge in [0.25, 0.3) is 0 Å². The third-order valence-electron chi connectivity index (χ3n) is 3.69. The van der Waals surface area contributed by atoms with Crippen molar-refractivity contribution in [3.63, 3.8) is 0 Å². The van der Waals surface area contributed by atoms with Crippen LogP contribution in [0, 0.1) is 11.2 Å². The Morgan fingerprint density at radius 3 is 2.72 bits per heavy atom. The normalized spacial score (nSPS) is 18.8. The molecule has 18 heavy (non-hydrogen) atoms. The van der Waals surface area contributed by atoms with Crippen molar-refractivity contribution >= 4 is 15.9 Å². The topological polar surface area (TPSA) is 21.3 Å². The highest BCUT2D eigenvalue weighted by Crippen LogP contribution is 2.35. The maximum Gasteiger partial charge on any atom is 0.124 e. The first kappa shape index (κ1) is 14.0. The molecule has 0 radical (unpaired) electrons. The smallest absolute Gasteiger partial charge is 0.124 e. The Morgan fingerprint density at radius 1 is 1.39 bits per heavy atom. The van der Waals surface area contributed by atoms with Gasteiger partial charge in [0.05, 0.1) is 0 Å². The van der Waals surface area contributed by atoms with Crippen LogP contribution < -0.4 is 5.32 Å². The number of hydrogen-bond acceptors (Lipinski definition) is 2. The summed E-state index contributed by atoms with van der Waals surface area (Å²) in [5, 5.41) is 3.28. The SMILES string of the molecule is CNCC1(Cc2ccc(F)cc2Br)CCOCC1. The Bertz CT molecular complexity index is 399. The zero-order chi connectivity index (χ0) is 13.0. The molecule has 100 valence electrons. The van der Waals surface area contributed by atoms with Crippen LogP contribution in [0.15, 0.2) is 22.7 Å². The minimum absolute atomic E-state index is 0.194. The Morgan fingerprint density at radius 2 is 2.11 bits per heavy atom. The summed E-state index contributed by atoms with van der Waals surface area (Å²) in [6.07, 6.45) is 3.06. The molecular formula is C14H19BrFNO. The van der Waals surface area contributed by atoms with E-state index in [1.165, 1.54) is 11.6 Å². The van der Waals surface area contributed by atoms with Crippen molar-refractivity contribution in [2.24, 2.45) is 5.41 Å². The molecule has 0 saturated carbocycles. The molecule has 1 aromatic carbocycles. The average molecular weight is 316 g/mol. The first-order valence-electron chi connectivity index (χ1n) is 6.31. The molecule has 0 aliphatic carbocycles. The highest BCUT2D eigenvalue weighted by molar-refractivity contribution is 9.10. The van der Waals surface area contributed by atoms with E-state index in [9.17, 15) is 4.39 Å². The molecule has 1 saturated heterocycles. The highest BCUT2D eigenvalue weighted by Gasteiger charge is 2.32. The van der Waals surface area contributed by atoms with E-state index in [1.54, 1.807) is 6.07 Å². The largest absolute Gasteiger partial charge is 0.381 e. The van der Waals surface area contributed by atoms with Crippen LogP contribution in [0.5, 0.6) is 0 Å². The monoisotopic (exact) mass is 315 g/mol. The zero-order valence-corrected chi connectivity index (χ0v) is 12.2. The highest BCUT2D eigenvalue weighted by atomic mass is 79.9. The van der Waals surface area contributed by atoms with Gasteiger partial charge in [-0.2, -0.15) is 0 Å². The Hall–Kier alpha value is -0.450. The first-order chi connectivity index (χ1) is 8.65. The van der Waals surface area contributed by atoms with E-state index in [4.69, 9.17) is 4.74 Å². The number of ether oxygens (including phenoxy) is 1. The number of benzene rings is 1. The molecule has 4 heteroatoms. The predicted molar refractivity (Wildman–Crippen MR) is 74.2 cm³/mol. The van der Waals surface area contributed by atoms with Gasteiger partial charge in [-0.1, -0.05) is 22.0 Å². The van der Waals surface area contributed by atoms with Gasteiger partial charge in [-0.15, -0.1) is 0 Å². The molecule has 1 fully saturated rings. The second-order valence-electron chi connectivity index (χ2n) is 5.06. The van der Waals surface area contributed by atoms with E-state index in [1.807, 2.05) is 13.1 Å². The number of rotatable bonds is 4. The predicted octanol–water partition coefficient (Wildman–Crippen LogP) is 3.15. The Labute approximate surface area is 116 Å². The van der Waals surface area contributed by atoms with Crippen molar-refractivity contribution in [3.8, 4) is 0 Å². The maximum atomic E-state index is 13.1. The van der Waals surface area contributed by atoms with Crippen LogP contribution in [-0.4, -0.2) is 26.8 Å². The summed E-state index contributed by atoms with van der Waals surface area (Å²) < 4.78 is 19.4. The summed E-state index contributed by atoms with van der Waals surface area (Å²) in [5.41, 5.74) is 1.40. The molecule has 0 unspecified atom stereocenters. The van der Waals surface area contributed by atoms with Crippen molar-refractivity contribution < 1.29 is 9.13 Å². The molecular weight excluding hydrogens is 297 g/mol. The van der Waals surface area contributed by atoms with Gasteiger partial charge < -0.3 is 10.1 Å². The molecule has 2 rings (SSSR count). The number of hydrogen-bond donors (Lipinski definition) is 1. The van der Waals surface area contributed by atoms with Gasteiger partial charge in [0.2, 0.25) is 0 Å². The third-order valence-corrected chi connectivity index (χ3v) is 4.42. The summed E-state index contributed by atoms with van der Waals surface area (Å²) in [5.74, 6) is -0.194. The fourth-order valence-corrected chi connectivity index (χ4v) is 3.16. The van der Waals surface area contributed by atoms with Crippen LogP contribution in [-0.2, 0) is 11.2 Å². The van der Waals surface area contributed by atoms with Gasteiger partial charge in [-0.05, 0) is 49.4 Å². The van der Waals surface area contributed by atoms with Gasteiger partial charge in [0.1, 0.15) is 5.82 Å². The summed E-state index contributed by atoms with van der Waals surface area (Å²) in [6, 6.07) is 4.96. The van der Waals surface area contributed by atoms with Crippen LogP contribution in [0.2, 0.25) is 0 Å². The summed E-state index contributed by atoms with van der Waals surface area (Å²) in [4.78, 5) is 0. The van der Waals surface area contributed by atoms with Gasteiger partial charge in [-0.3, -0.25) is 0 Å². The van der Waals surface area contributed by atoms with Crippen LogP contribution >= 0.6 is 15.9 Å². The zero-order valence-electron chi connectivity index (χ0n) is 10.6. The van der Waals surface area contributed by atoms with E-state index < -0.39 is 0 Å². The van der Waals surface area contributed by atoms with Crippen LogP contribution in [0.1, 0.15) is 18.4 Å². The standard InChI is InChI=1S/C14H19BrFNO/c1-17-10-14(4-6-18-7-5-14)9-11-2-3-12(16)8-13(11)15/h2-3,8,17H,4-7,9-10H2,1H3. The van der Waals surface area contributed by atoms with E-state index >= 15 is 0 Å². The average Bonchev–Trinajstić information content (AvgIpc) is 2.34. The van der Waals surface area contributed by atoms with E-state index in [2.05, 4.69) is 21.2 Å². The first-order valence-corrected chi connectivity index (χ1v) is 7.11. The van der Waals surface area contributed by atoms with Gasteiger partial charge >= 0.3 is 0 Å². The van der Waals surface area contributed by atoms with Crippen LogP contribution in [0.25, 0.3) is 0 Å². The van der Waals surface area contributed by atoms with Crippen LogP contribution in [0.4, 0.5) is 4.39 Å². The molecule has 1 aliphatic rings. The van der Waals surface area contributed by atoms with Gasteiger partial charge in [-0.25, -0.2) is 4.39 Å². The molecule has 2 nitrogen and oxygen atoms in total. The van der Waals surface area contributed by atoms with Crippen molar-refractivity contribution in [2.45, 2.75) is 19.3 Å². The summed E-state index contributed by atoms with van der Waals surface area (Å²) >= 11 is 3.46. The third kappa shape index (κ3) is 3.31. The molecule has 0 atom stereocenters. The van der Waals surface area contributed by atoms with Crippen molar-refractivity contribution in [1.82, 2.24) is 5.32 Å². The molecule has 1 aromatic rings. The fraction of sp³-hybridized carbons (Fsp3) is 0.571. The molecule has 0 spiro atoms. The van der Waals surface area contributed by atoms with Gasteiger partial charge in [0.15, 0.2) is 0 Å². The van der Waals surface area contributed by atoms with Crippen molar-refractivity contribution in [2.75, 3.05) is 26.8 Å². The molecule has 0 bridgehead atoms. The van der Waals surface area contributed by atoms with E-state index in [0.29, 0.717) is 0 Å². The summed E-state index contributed by atoms with van der Waals surface area (Å²) in [7, 11) is 1.98. The Balaban J connectivity index is 2.17. The van der Waals surface area contributed by atoms with Gasteiger partial charge in [0, 0.05) is 24.2 Å². The lowest BCUT2D eigenvalue weighted by Crippen LogP contribution is -2.39.